The molecule has 0 spiro atoms. The average molecular weight is 327 g/mol. The number of amides is 1. The zero-order chi connectivity index (χ0) is 12.0. The summed E-state index contributed by atoms with van der Waals surface area (Å²) in [5.41, 5.74) is 0.729. The lowest BCUT2D eigenvalue weighted by Gasteiger charge is -2.19. The molecule has 16 heavy (non-hydrogen) atoms. The summed E-state index contributed by atoms with van der Waals surface area (Å²) < 4.78 is 0.961. The second-order valence-corrected chi connectivity index (χ2v) is 4.43. The summed E-state index contributed by atoms with van der Waals surface area (Å²) in [4.78, 5) is 13.9. The van der Waals surface area contributed by atoms with Crippen molar-refractivity contribution < 1.29 is 4.79 Å². The van der Waals surface area contributed by atoms with Crippen LogP contribution in [0.4, 0.5) is 0 Å². The van der Waals surface area contributed by atoms with Crippen LogP contribution in [-0.4, -0.2) is 23.9 Å². The molecule has 0 radical (unpaired) electrons. The van der Waals surface area contributed by atoms with E-state index in [0.717, 1.165) is 9.13 Å². The minimum Gasteiger partial charge on any atom is -0.331 e. The molecule has 0 unspecified atom stereocenters. The van der Waals surface area contributed by atoms with Crippen molar-refractivity contribution in [2.75, 3.05) is 13.1 Å². The first-order valence-corrected chi connectivity index (χ1v) is 6.04. The van der Waals surface area contributed by atoms with Crippen molar-refractivity contribution in [3.05, 3.63) is 58.7 Å². The standard InChI is InChI=1S/C13H14INO/c1-3-9-15(10-4-2)13(16)11-7-5-6-8-12(11)14/h3-8H,1-2,9-10H2. The molecule has 0 fully saturated rings. The number of hydrogen-bond donors (Lipinski definition) is 0. The van der Waals surface area contributed by atoms with Gasteiger partial charge in [0.1, 0.15) is 0 Å². The molecule has 0 saturated heterocycles. The molecular formula is C13H14INO. The Hall–Kier alpha value is -1.10. The number of benzene rings is 1. The molecule has 0 saturated carbocycles. The highest BCUT2D eigenvalue weighted by atomic mass is 127. The van der Waals surface area contributed by atoms with E-state index in [-0.39, 0.29) is 5.91 Å². The van der Waals surface area contributed by atoms with Crippen molar-refractivity contribution in [1.82, 2.24) is 4.90 Å². The van der Waals surface area contributed by atoms with E-state index in [2.05, 4.69) is 35.7 Å². The van der Waals surface area contributed by atoms with Gasteiger partial charge in [0.05, 0.1) is 5.56 Å². The Morgan fingerprint density at radius 1 is 1.25 bits per heavy atom. The van der Waals surface area contributed by atoms with Crippen LogP contribution in [-0.2, 0) is 0 Å². The lowest BCUT2D eigenvalue weighted by atomic mass is 10.2. The number of hydrogen-bond acceptors (Lipinski definition) is 1. The predicted octanol–water partition coefficient (Wildman–Crippen LogP) is 3.11. The van der Waals surface area contributed by atoms with Crippen LogP contribution in [0.15, 0.2) is 49.6 Å². The molecule has 84 valence electrons. The van der Waals surface area contributed by atoms with Gasteiger partial charge in [-0.1, -0.05) is 24.3 Å². The zero-order valence-electron chi connectivity index (χ0n) is 9.03. The normalized spacial score (nSPS) is 9.56. The molecule has 1 rings (SSSR count). The predicted molar refractivity (Wildman–Crippen MR) is 75.5 cm³/mol. The Kier molecular flexibility index (Phi) is 5.25. The molecule has 1 aromatic rings. The molecule has 3 heteroatoms. The summed E-state index contributed by atoms with van der Waals surface area (Å²) >= 11 is 2.17. The molecular weight excluding hydrogens is 313 g/mol. The molecule has 0 aliphatic rings. The van der Waals surface area contributed by atoms with Crippen LogP contribution < -0.4 is 0 Å². The fourth-order valence-electron chi connectivity index (χ4n) is 1.36. The quantitative estimate of drug-likeness (QED) is 0.601. The van der Waals surface area contributed by atoms with Crippen molar-refractivity contribution in [2.45, 2.75) is 0 Å². The van der Waals surface area contributed by atoms with Gasteiger partial charge in [-0.3, -0.25) is 4.79 Å². The van der Waals surface area contributed by atoms with Crippen LogP contribution in [0.3, 0.4) is 0 Å². The van der Waals surface area contributed by atoms with Crippen LogP contribution in [0.25, 0.3) is 0 Å². The van der Waals surface area contributed by atoms with Crippen LogP contribution >= 0.6 is 22.6 Å². The topological polar surface area (TPSA) is 20.3 Å². The molecule has 0 bridgehead atoms. The second-order valence-electron chi connectivity index (χ2n) is 3.27. The Labute approximate surface area is 110 Å². The van der Waals surface area contributed by atoms with Crippen LogP contribution in [0.1, 0.15) is 10.4 Å². The van der Waals surface area contributed by atoms with Gasteiger partial charge in [0.25, 0.3) is 5.91 Å². The minimum absolute atomic E-state index is 0.0183. The molecule has 0 heterocycles. The Balaban J connectivity index is 2.94. The van der Waals surface area contributed by atoms with E-state index in [9.17, 15) is 4.79 Å². The summed E-state index contributed by atoms with van der Waals surface area (Å²) in [7, 11) is 0. The largest absolute Gasteiger partial charge is 0.331 e. The van der Waals surface area contributed by atoms with Crippen molar-refractivity contribution >= 4 is 28.5 Å². The Morgan fingerprint density at radius 3 is 2.31 bits per heavy atom. The Bertz CT molecular complexity index is 391. The lowest BCUT2D eigenvalue weighted by molar-refractivity contribution is 0.0790. The lowest BCUT2D eigenvalue weighted by Crippen LogP contribution is -2.31. The fourth-order valence-corrected chi connectivity index (χ4v) is 1.98. The molecule has 0 aromatic heterocycles. The van der Waals surface area contributed by atoms with Crippen LogP contribution in [0.5, 0.6) is 0 Å². The van der Waals surface area contributed by atoms with E-state index >= 15 is 0 Å². The summed E-state index contributed by atoms with van der Waals surface area (Å²) in [5, 5.41) is 0. The number of rotatable bonds is 5. The first-order chi connectivity index (χ1) is 7.70. The number of halogens is 1. The molecule has 1 aromatic carbocycles. The molecule has 0 aliphatic carbocycles. The smallest absolute Gasteiger partial charge is 0.255 e. The number of carbonyl (C=O) groups is 1. The van der Waals surface area contributed by atoms with Crippen molar-refractivity contribution in [3.8, 4) is 0 Å². The molecule has 2 nitrogen and oxygen atoms in total. The average Bonchev–Trinajstić information content (AvgIpc) is 2.28. The SMILES string of the molecule is C=CCN(CC=C)C(=O)c1ccccc1I. The van der Waals surface area contributed by atoms with Gasteiger partial charge < -0.3 is 4.90 Å². The molecule has 0 aliphatic heterocycles. The summed E-state index contributed by atoms with van der Waals surface area (Å²) in [5.74, 6) is 0.0183. The van der Waals surface area contributed by atoms with E-state index in [1.54, 1.807) is 17.1 Å². The minimum atomic E-state index is 0.0183. The third-order valence-corrected chi connectivity index (χ3v) is 3.03. The first kappa shape index (κ1) is 13.0. The van der Waals surface area contributed by atoms with Gasteiger partial charge in [0.15, 0.2) is 0 Å². The van der Waals surface area contributed by atoms with E-state index in [4.69, 9.17) is 0 Å². The van der Waals surface area contributed by atoms with Crippen LogP contribution in [0, 0.1) is 3.57 Å². The fraction of sp³-hybridized carbons (Fsp3) is 0.154. The van der Waals surface area contributed by atoms with Crippen LogP contribution in [0.2, 0.25) is 0 Å². The third kappa shape index (κ3) is 3.20. The maximum atomic E-state index is 12.2. The number of nitrogens with zero attached hydrogens (tertiary/aromatic N) is 1. The molecule has 1 amide bonds. The van der Waals surface area contributed by atoms with Gasteiger partial charge in [-0.25, -0.2) is 0 Å². The maximum absolute atomic E-state index is 12.2. The highest BCUT2D eigenvalue weighted by Gasteiger charge is 2.15. The van der Waals surface area contributed by atoms with Crippen molar-refractivity contribution in [3.63, 3.8) is 0 Å². The zero-order valence-corrected chi connectivity index (χ0v) is 11.2. The molecule has 0 N–H and O–H groups in total. The van der Waals surface area contributed by atoms with E-state index < -0.39 is 0 Å². The van der Waals surface area contributed by atoms with Gasteiger partial charge in [-0.15, -0.1) is 13.2 Å². The summed E-state index contributed by atoms with van der Waals surface area (Å²) in [6, 6.07) is 7.55. The Morgan fingerprint density at radius 2 is 1.81 bits per heavy atom. The van der Waals surface area contributed by atoms with Crippen molar-refractivity contribution in [1.29, 1.82) is 0 Å². The monoisotopic (exact) mass is 327 g/mol. The first-order valence-electron chi connectivity index (χ1n) is 4.96. The third-order valence-electron chi connectivity index (χ3n) is 2.09. The summed E-state index contributed by atoms with van der Waals surface area (Å²) in [6.07, 6.45) is 3.44. The summed E-state index contributed by atoms with van der Waals surface area (Å²) in [6.45, 7) is 8.38. The van der Waals surface area contributed by atoms with E-state index in [1.165, 1.54) is 0 Å². The van der Waals surface area contributed by atoms with Gasteiger partial charge in [-0.05, 0) is 34.7 Å². The van der Waals surface area contributed by atoms with E-state index in [0.29, 0.717) is 13.1 Å². The maximum Gasteiger partial charge on any atom is 0.255 e. The van der Waals surface area contributed by atoms with Gasteiger partial charge in [0, 0.05) is 16.7 Å². The van der Waals surface area contributed by atoms with E-state index in [1.807, 2.05) is 24.3 Å². The van der Waals surface area contributed by atoms with Gasteiger partial charge in [0.2, 0.25) is 0 Å². The number of carbonyl (C=O) groups excluding carboxylic acids is 1. The van der Waals surface area contributed by atoms with Gasteiger partial charge >= 0.3 is 0 Å². The second kappa shape index (κ2) is 6.48. The van der Waals surface area contributed by atoms with Gasteiger partial charge in [-0.2, -0.15) is 0 Å². The molecule has 0 atom stereocenters. The van der Waals surface area contributed by atoms with Crippen molar-refractivity contribution in [2.24, 2.45) is 0 Å². The highest BCUT2D eigenvalue weighted by molar-refractivity contribution is 14.1. The highest BCUT2D eigenvalue weighted by Crippen LogP contribution is 2.14.